The van der Waals surface area contributed by atoms with E-state index in [0.717, 1.165) is 18.5 Å². The highest BCUT2D eigenvalue weighted by atomic mass is 35.5. The zero-order valence-corrected chi connectivity index (χ0v) is 15.5. The van der Waals surface area contributed by atoms with E-state index in [0.29, 0.717) is 34.1 Å². The highest BCUT2D eigenvalue weighted by Crippen LogP contribution is 2.35. The minimum atomic E-state index is -0.0534. The molecule has 1 aliphatic carbocycles. The number of carbonyl (C=O) groups is 1. The number of halogens is 1. The fourth-order valence-corrected chi connectivity index (χ4v) is 3.42. The summed E-state index contributed by atoms with van der Waals surface area (Å²) < 4.78 is 7.41. The molecule has 3 aromatic rings. The number of amides is 1. The molecule has 0 atom stereocenters. The molecule has 1 aliphatic rings. The van der Waals surface area contributed by atoms with Gasteiger partial charge in [-0.15, -0.1) is 0 Å². The molecule has 1 amide bonds. The minimum absolute atomic E-state index is 0.0534. The molecule has 26 heavy (non-hydrogen) atoms. The Bertz CT molecular complexity index is 956. The molecule has 2 heterocycles. The number of hydrogen-bond donors (Lipinski definition) is 0. The van der Waals surface area contributed by atoms with E-state index in [9.17, 15) is 4.79 Å². The smallest absolute Gasteiger partial charge is 0.260 e. The molecule has 5 nitrogen and oxygen atoms in total. The molecule has 1 saturated carbocycles. The SMILES string of the molecule is Cc1onc(-c2ccccc2Cl)c1C(=O)N(Cc1cccn1C)C1CC1. The average molecular weight is 370 g/mol. The van der Waals surface area contributed by atoms with E-state index >= 15 is 0 Å². The second kappa shape index (κ2) is 6.65. The summed E-state index contributed by atoms with van der Waals surface area (Å²) in [6.45, 7) is 2.34. The highest BCUT2D eigenvalue weighted by Gasteiger charge is 2.36. The summed E-state index contributed by atoms with van der Waals surface area (Å²) in [7, 11) is 1.99. The number of aromatic nitrogens is 2. The second-order valence-corrected chi connectivity index (χ2v) is 7.12. The molecule has 0 radical (unpaired) electrons. The number of hydrogen-bond acceptors (Lipinski definition) is 3. The predicted octanol–water partition coefficient (Wildman–Crippen LogP) is 4.45. The van der Waals surface area contributed by atoms with Gasteiger partial charge < -0.3 is 14.0 Å². The lowest BCUT2D eigenvalue weighted by molar-refractivity contribution is 0.0725. The van der Waals surface area contributed by atoms with Crippen LogP contribution in [-0.2, 0) is 13.6 Å². The van der Waals surface area contributed by atoms with Gasteiger partial charge in [0.2, 0.25) is 0 Å². The number of carbonyl (C=O) groups excluding carboxylic acids is 1. The van der Waals surface area contributed by atoms with Gasteiger partial charge in [-0.3, -0.25) is 4.79 Å². The van der Waals surface area contributed by atoms with Gasteiger partial charge in [0.1, 0.15) is 17.0 Å². The fraction of sp³-hybridized carbons (Fsp3) is 0.300. The lowest BCUT2D eigenvalue weighted by atomic mass is 10.0. The van der Waals surface area contributed by atoms with Gasteiger partial charge in [0.25, 0.3) is 5.91 Å². The quantitative estimate of drug-likeness (QED) is 0.667. The molecule has 4 rings (SSSR count). The van der Waals surface area contributed by atoms with Crippen LogP contribution in [0.1, 0.15) is 34.7 Å². The van der Waals surface area contributed by atoms with Crippen LogP contribution < -0.4 is 0 Å². The first-order valence-electron chi connectivity index (χ1n) is 8.68. The normalized spacial score (nSPS) is 13.8. The van der Waals surface area contributed by atoms with Crippen molar-refractivity contribution in [1.82, 2.24) is 14.6 Å². The first kappa shape index (κ1) is 16.9. The second-order valence-electron chi connectivity index (χ2n) is 6.72. The van der Waals surface area contributed by atoms with E-state index < -0.39 is 0 Å². The van der Waals surface area contributed by atoms with Gasteiger partial charge in [-0.1, -0.05) is 35.0 Å². The maximum atomic E-state index is 13.4. The Labute approximate surface area is 157 Å². The van der Waals surface area contributed by atoms with Gasteiger partial charge in [0, 0.05) is 30.5 Å². The molecule has 0 aliphatic heterocycles. The number of nitrogens with zero attached hydrogens (tertiary/aromatic N) is 3. The molecule has 0 unspecified atom stereocenters. The van der Waals surface area contributed by atoms with Gasteiger partial charge in [-0.25, -0.2) is 0 Å². The van der Waals surface area contributed by atoms with Crippen LogP contribution in [0.3, 0.4) is 0 Å². The Morgan fingerprint density at radius 1 is 1.31 bits per heavy atom. The molecule has 134 valence electrons. The zero-order valence-electron chi connectivity index (χ0n) is 14.8. The van der Waals surface area contributed by atoms with Crippen LogP contribution in [0.4, 0.5) is 0 Å². The van der Waals surface area contributed by atoms with E-state index in [1.165, 1.54) is 0 Å². The van der Waals surface area contributed by atoms with Gasteiger partial charge in [0.15, 0.2) is 0 Å². The third-order valence-corrected chi connectivity index (χ3v) is 5.17. The molecule has 6 heteroatoms. The third-order valence-electron chi connectivity index (χ3n) is 4.84. The van der Waals surface area contributed by atoms with Crippen molar-refractivity contribution in [3.63, 3.8) is 0 Å². The summed E-state index contributed by atoms with van der Waals surface area (Å²) >= 11 is 6.33. The van der Waals surface area contributed by atoms with Crippen molar-refractivity contribution in [2.75, 3.05) is 0 Å². The van der Waals surface area contributed by atoms with E-state index in [1.807, 2.05) is 53.0 Å². The highest BCUT2D eigenvalue weighted by molar-refractivity contribution is 6.33. The molecule has 0 saturated heterocycles. The lowest BCUT2D eigenvalue weighted by Crippen LogP contribution is -2.33. The van der Waals surface area contributed by atoms with Crippen LogP contribution in [0, 0.1) is 6.92 Å². The van der Waals surface area contributed by atoms with E-state index in [-0.39, 0.29) is 11.9 Å². The average Bonchev–Trinajstić information content (AvgIpc) is 3.28. The summed E-state index contributed by atoms with van der Waals surface area (Å²) in [4.78, 5) is 15.4. The standard InChI is InChI=1S/C20H20ClN3O2/c1-13-18(19(22-26-13)16-7-3-4-8-17(16)21)20(25)24(14-9-10-14)12-15-6-5-11-23(15)2/h3-8,11,14H,9-10,12H2,1-2H3. The zero-order chi connectivity index (χ0) is 18.3. The Morgan fingerprint density at radius 2 is 2.08 bits per heavy atom. The first-order chi connectivity index (χ1) is 12.6. The van der Waals surface area contributed by atoms with E-state index in [2.05, 4.69) is 5.16 Å². The van der Waals surface area contributed by atoms with Crippen LogP contribution in [0.2, 0.25) is 5.02 Å². The van der Waals surface area contributed by atoms with E-state index in [4.69, 9.17) is 16.1 Å². The van der Waals surface area contributed by atoms with Gasteiger partial charge in [-0.05, 0) is 38.0 Å². The summed E-state index contributed by atoms with van der Waals surface area (Å²) in [6.07, 6.45) is 4.05. The summed E-state index contributed by atoms with van der Waals surface area (Å²) in [5, 5.41) is 4.68. The maximum Gasteiger partial charge on any atom is 0.260 e. The Balaban J connectivity index is 1.72. The van der Waals surface area contributed by atoms with Gasteiger partial charge in [-0.2, -0.15) is 0 Å². The first-order valence-corrected chi connectivity index (χ1v) is 9.06. The summed E-state index contributed by atoms with van der Waals surface area (Å²) in [6, 6.07) is 11.7. The number of rotatable bonds is 5. The minimum Gasteiger partial charge on any atom is -0.360 e. The van der Waals surface area contributed by atoms with Gasteiger partial charge >= 0.3 is 0 Å². The van der Waals surface area contributed by atoms with Crippen molar-refractivity contribution in [1.29, 1.82) is 0 Å². The molecule has 2 aromatic heterocycles. The molecule has 0 spiro atoms. The lowest BCUT2D eigenvalue weighted by Gasteiger charge is -2.23. The van der Waals surface area contributed by atoms with Crippen LogP contribution in [0.15, 0.2) is 47.1 Å². The summed E-state index contributed by atoms with van der Waals surface area (Å²) in [5.41, 5.74) is 2.82. The Hall–Kier alpha value is -2.53. The summed E-state index contributed by atoms with van der Waals surface area (Å²) in [5.74, 6) is 0.463. The molecule has 0 N–H and O–H groups in total. The molecule has 0 bridgehead atoms. The monoisotopic (exact) mass is 369 g/mol. The van der Waals surface area contributed by atoms with Crippen molar-refractivity contribution >= 4 is 17.5 Å². The molecular formula is C20H20ClN3O2. The van der Waals surface area contributed by atoms with Crippen LogP contribution in [0.5, 0.6) is 0 Å². The van der Waals surface area contributed by atoms with E-state index in [1.54, 1.807) is 13.0 Å². The fourth-order valence-electron chi connectivity index (χ4n) is 3.19. The third kappa shape index (κ3) is 3.03. The molecule has 1 fully saturated rings. The predicted molar refractivity (Wildman–Crippen MR) is 100.0 cm³/mol. The van der Waals surface area contributed by atoms with Crippen LogP contribution >= 0.6 is 11.6 Å². The van der Waals surface area contributed by atoms with Crippen LogP contribution in [0.25, 0.3) is 11.3 Å². The van der Waals surface area contributed by atoms with Crippen molar-refractivity contribution in [3.8, 4) is 11.3 Å². The maximum absolute atomic E-state index is 13.4. The number of benzene rings is 1. The van der Waals surface area contributed by atoms with Gasteiger partial charge in [0.05, 0.1) is 11.6 Å². The van der Waals surface area contributed by atoms with Crippen molar-refractivity contribution in [3.05, 3.63) is 64.6 Å². The molecular weight excluding hydrogens is 350 g/mol. The van der Waals surface area contributed by atoms with Crippen LogP contribution in [-0.4, -0.2) is 26.6 Å². The Morgan fingerprint density at radius 3 is 2.73 bits per heavy atom. The largest absolute Gasteiger partial charge is 0.360 e. The molecule has 1 aromatic carbocycles. The topological polar surface area (TPSA) is 51.3 Å². The Kier molecular flexibility index (Phi) is 4.32. The van der Waals surface area contributed by atoms with Crippen molar-refractivity contribution in [2.45, 2.75) is 32.4 Å². The number of aryl methyl sites for hydroxylation is 2. The van der Waals surface area contributed by atoms with Crippen molar-refractivity contribution in [2.24, 2.45) is 7.05 Å². The van der Waals surface area contributed by atoms with Crippen molar-refractivity contribution < 1.29 is 9.32 Å².